The number of aldehydes is 1. The molecule has 1 unspecified atom stereocenters. The molecule has 8 nitrogen and oxygen atoms in total. The summed E-state index contributed by atoms with van der Waals surface area (Å²) in [5, 5.41) is 23.2. The van der Waals surface area contributed by atoms with Crippen LogP contribution in [0.3, 0.4) is 0 Å². The second kappa shape index (κ2) is 10.5. The average Bonchev–Trinajstić information content (AvgIpc) is 3.24. The number of hydrogen-bond acceptors (Lipinski definition) is 4. The molecular formula is C26H29N3O5. The summed E-state index contributed by atoms with van der Waals surface area (Å²) >= 11 is 0. The monoisotopic (exact) mass is 463 g/mol. The van der Waals surface area contributed by atoms with Crippen LogP contribution in [0.5, 0.6) is 0 Å². The molecule has 8 heteroatoms. The highest BCUT2D eigenvalue weighted by molar-refractivity contribution is 5.92. The Hall–Kier alpha value is -3.65. The molecule has 1 atom stereocenters. The molecule has 2 aromatic carbocycles. The highest BCUT2D eigenvalue weighted by Crippen LogP contribution is 2.34. The van der Waals surface area contributed by atoms with Crippen LogP contribution >= 0.6 is 0 Å². The third-order valence-electron chi connectivity index (χ3n) is 6.61. The van der Waals surface area contributed by atoms with Crippen LogP contribution in [-0.2, 0) is 16.0 Å². The minimum absolute atomic E-state index is 0.0844. The number of nitrogens with zero attached hydrogens (tertiary/aromatic N) is 2. The van der Waals surface area contributed by atoms with E-state index in [4.69, 9.17) is 0 Å². The van der Waals surface area contributed by atoms with Crippen LogP contribution in [0, 0.1) is 5.92 Å². The molecule has 1 aromatic heterocycles. The van der Waals surface area contributed by atoms with Crippen LogP contribution in [-0.4, -0.2) is 51.6 Å². The Labute approximate surface area is 197 Å². The number of piperidine rings is 1. The molecule has 4 rings (SSSR count). The van der Waals surface area contributed by atoms with E-state index in [0.29, 0.717) is 30.3 Å². The first-order valence-corrected chi connectivity index (χ1v) is 11.5. The van der Waals surface area contributed by atoms with Crippen molar-refractivity contribution >= 4 is 34.9 Å². The summed E-state index contributed by atoms with van der Waals surface area (Å²) in [6.45, 7) is 1.27. The molecule has 1 fully saturated rings. The molecule has 2 heterocycles. The zero-order valence-corrected chi connectivity index (χ0v) is 18.9. The molecule has 0 aliphatic carbocycles. The number of hydrazine groups is 1. The largest absolute Gasteiger partial charge is 0.481 e. The summed E-state index contributed by atoms with van der Waals surface area (Å²) in [7, 11) is 0. The Morgan fingerprint density at radius 1 is 1.12 bits per heavy atom. The van der Waals surface area contributed by atoms with E-state index in [0.717, 1.165) is 36.5 Å². The predicted molar refractivity (Wildman–Crippen MR) is 129 cm³/mol. The van der Waals surface area contributed by atoms with Crippen LogP contribution in [0.2, 0.25) is 0 Å². The van der Waals surface area contributed by atoms with Crippen molar-refractivity contribution in [3.8, 4) is 0 Å². The second-order valence-electron chi connectivity index (χ2n) is 8.85. The number of nitrogens with one attached hydrogen (secondary N) is 1. The van der Waals surface area contributed by atoms with E-state index in [1.165, 1.54) is 10.6 Å². The first-order chi connectivity index (χ1) is 16.5. The van der Waals surface area contributed by atoms with Gasteiger partial charge in [0.15, 0.2) is 0 Å². The van der Waals surface area contributed by atoms with Crippen LogP contribution in [0.4, 0.5) is 10.5 Å². The lowest BCUT2D eigenvalue weighted by molar-refractivity contribution is -0.137. The van der Waals surface area contributed by atoms with Gasteiger partial charge in [0.05, 0.1) is 12.1 Å². The van der Waals surface area contributed by atoms with E-state index in [2.05, 4.69) is 17.1 Å². The zero-order chi connectivity index (χ0) is 24.1. The van der Waals surface area contributed by atoms with Gasteiger partial charge in [0, 0.05) is 42.5 Å². The molecule has 0 spiro atoms. The van der Waals surface area contributed by atoms with E-state index in [9.17, 15) is 24.6 Å². The van der Waals surface area contributed by atoms with E-state index >= 15 is 0 Å². The van der Waals surface area contributed by atoms with Crippen molar-refractivity contribution in [2.24, 2.45) is 5.92 Å². The molecule has 0 radical (unpaired) electrons. The highest BCUT2D eigenvalue weighted by Gasteiger charge is 2.29. The molecular weight excluding hydrogens is 434 g/mol. The van der Waals surface area contributed by atoms with Gasteiger partial charge in [-0.15, -0.1) is 0 Å². The van der Waals surface area contributed by atoms with Gasteiger partial charge in [0.1, 0.15) is 6.29 Å². The van der Waals surface area contributed by atoms with Gasteiger partial charge < -0.3 is 20.0 Å². The Morgan fingerprint density at radius 2 is 1.85 bits per heavy atom. The maximum atomic E-state index is 12.3. The number of anilines is 1. The SMILES string of the molecule is O=CCC(CC(=O)O)c1c[nH]c2ccc(N(C(=O)O)N3CCC(Cc4ccccc4)CC3)cc12. The second-order valence-corrected chi connectivity index (χ2v) is 8.85. The van der Waals surface area contributed by atoms with Crippen LogP contribution in [0.1, 0.15) is 42.7 Å². The number of aliphatic carboxylic acids is 1. The molecule has 178 valence electrons. The molecule has 3 N–H and O–H groups in total. The number of aromatic nitrogens is 1. The summed E-state index contributed by atoms with van der Waals surface area (Å²) in [5.41, 5.74) is 3.28. The number of amides is 1. The number of aromatic amines is 1. The Balaban J connectivity index is 1.54. The van der Waals surface area contributed by atoms with Gasteiger partial charge in [-0.3, -0.25) is 4.79 Å². The lowest BCUT2D eigenvalue weighted by atomic mass is 9.90. The fourth-order valence-corrected chi connectivity index (χ4v) is 4.91. The Morgan fingerprint density at radius 3 is 2.50 bits per heavy atom. The third-order valence-corrected chi connectivity index (χ3v) is 6.61. The number of fused-ring (bicyclic) bond motifs is 1. The lowest BCUT2D eigenvalue weighted by Gasteiger charge is -2.38. The topological polar surface area (TPSA) is 114 Å². The molecule has 0 saturated carbocycles. The van der Waals surface area contributed by atoms with Crippen molar-refractivity contribution in [1.29, 1.82) is 0 Å². The summed E-state index contributed by atoms with van der Waals surface area (Å²) in [6, 6.07) is 15.7. The van der Waals surface area contributed by atoms with Gasteiger partial charge in [-0.1, -0.05) is 30.3 Å². The van der Waals surface area contributed by atoms with E-state index in [1.807, 2.05) is 23.2 Å². The number of H-pyrrole nitrogens is 1. The fourth-order valence-electron chi connectivity index (χ4n) is 4.91. The van der Waals surface area contributed by atoms with Crippen molar-refractivity contribution in [3.05, 3.63) is 65.9 Å². The number of carboxylic acid groups (broad SMARTS) is 2. The summed E-state index contributed by atoms with van der Waals surface area (Å²) in [4.78, 5) is 37.8. The minimum atomic E-state index is -1.06. The molecule has 1 aliphatic rings. The van der Waals surface area contributed by atoms with Gasteiger partial charge in [-0.2, -0.15) is 0 Å². The maximum Gasteiger partial charge on any atom is 0.426 e. The number of rotatable bonds is 9. The molecule has 34 heavy (non-hydrogen) atoms. The van der Waals surface area contributed by atoms with Crippen LogP contribution in [0.25, 0.3) is 10.9 Å². The van der Waals surface area contributed by atoms with E-state index < -0.39 is 18.0 Å². The molecule has 0 bridgehead atoms. The maximum absolute atomic E-state index is 12.3. The number of carbonyl (C=O) groups is 3. The summed E-state index contributed by atoms with van der Waals surface area (Å²) < 4.78 is 0. The van der Waals surface area contributed by atoms with Crippen molar-refractivity contribution in [2.75, 3.05) is 18.1 Å². The number of carbonyl (C=O) groups excluding carboxylic acids is 1. The average molecular weight is 464 g/mol. The standard InChI is InChI=1S/C26H29N3O5/c30-13-10-20(15-25(31)32)23-17-27-24-7-6-21(16-22(23)24)29(26(33)34)28-11-8-19(9-12-28)14-18-4-2-1-3-5-18/h1-7,13,16-17,19-20,27H,8-12,14-15H2,(H,31,32)(H,33,34). The van der Waals surface area contributed by atoms with Crippen molar-refractivity contribution in [1.82, 2.24) is 9.99 Å². The number of benzene rings is 2. The van der Waals surface area contributed by atoms with Crippen molar-refractivity contribution in [2.45, 2.75) is 38.0 Å². The van der Waals surface area contributed by atoms with Gasteiger partial charge in [-0.25, -0.2) is 14.8 Å². The normalized spacial score (nSPS) is 15.8. The van der Waals surface area contributed by atoms with Crippen LogP contribution in [0.15, 0.2) is 54.7 Å². The Kier molecular flexibility index (Phi) is 7.27. The molecule has 1 saturated heterocycles. The summed E-state index contributed by atoms with van der Waals surface area (Å²) in [6.07, 6.45) is 4.07. The molecule has 1 amide bonds. The quantitative estimate of drug-likeness (QED) is 0.398. The van der Waals surface area contributed by atoms with Crippen LogP contribution < -0.4 is 5.01 Å². The minimum Gasteiger partial charge on any atom is -0.481 e. The zero-order valence-electron chi connectivity index (χ0n) is 18.9. The van der Waals surface area contributed by atoms with Gasteiger partial charge in [0.2, 0.25) is 0 Å². The lowest BCUT2D eigenvalue weighted by Crippen LogP contribution is -2.50. The predicted octanol–water partition coefficient (Wildman–Crippen LogP) is 4.67. The Bertz CT molecular complexity index is 1150. The highest BCUT2D eigenvalue weighted by atomic mass is 16.4. The fraction of sp³-hybridized carbons (Fsp3) is 0.346. The first kappa shape index (κ1) is 23.5. The summed E-state index contributed by atoms with van der Waals surface area (Å²) in [5.74, 6) is -0.956. The number of carboxylic acids is 1. The van der Waals surface area contributed by atoms with Gasteiger partial charge in [0.25, 0.3) is 0 Å². The molecule has 3 aromatic rings. The number of hydrogen-bond donors (Lipinski definition) is 3. The smallest absolute Gasteiger partial charge is 0.426 e. The van der Waals surface area contributed by atoms with E-state index in [-0.39, 0.29) is 12.8 Å². The molecule has 1 aliphatic heterocycles. The van der Waals surface area contributed by atoms with Crippen molar-refractivity contribution in [3.63, 3.8) is 0 Å². The van der Waals surface area contributed by atoms with Gasteiger partial charge in [-0.05, 0) is 54.5 Å². The third kappa shape index (κ3) is 5.28. The van der Waals surface area contributed by atoms with E-state index in [1.54, 1.807) is 24.4 Å². The van der Waals surface area contributed by atoms with Gasteiger partial charge >= 0.3 is 12.1 Å². The van der Waals surface area contributed by atoms with Crippen molar-refractivity contribution < 1.29 is 24.6 Å². The first-order valence-electron chi connectivity index (χ1n) is 11.5.